The standard InChI is InChI=1S/C7H14.CH4/c1-3-7(4-2)5-6-7;/h3-6H2,1-2H3;1H4. The summed E-state index contributed by atoms with van der Waals surface area (Å²) in [6.07, 6.45) is 5.81. The van der Waals surface area contributed by atoms with E-state index < -0.39 is 0 Å². The Bertz CT molecular complexity index is 54.4. The van der Waals surface area contributed by atoms with Crippen LogP contribution in [-0.4, -0.2) is 0 Å². The molecular weight excluding hydrogens is 96.1 g/mol. The van der Waals surface area contributed by atoms with Crippen LogP contribution in [0.25, 0.3) is 0 Å². The van der Waals surface area contributed by atoms with E-state index in [-0.39, 0.29) is 7.43 Å². The Kier molecular flexibility index (Phi) is 2.52. The molecule has 0 amide bonds. The molecule has 1 fully saturated rings. The molecule has 0 aliphatic heterocycles. The minimum Gasteiger partial charge on any atom is -0.0776 e. The Morgan fingerprint density at radius 3 is 1.50 bits per heavy atom. The van der Waals surface area contributed by atoms with Crippen molar-refractivity contribution in [1.29, 1.82) is 0 Å². The van der Waals surface area contributed by atoms with Crippen LogP contribution in [0.4, 0.5) is 0 Å². The maximum atomic E-state index is 2.30. The van der Waals surface area contributed by atoms with E-state index in [4.69, 9.17) is 0 Å². The Labute approximate surface area is 53.3 Å². The third kappa shape index (κ3) is 1.24. The summed E-state index contributed by atoms with van der Waals surface area (Å²) in [5.74, 6) is 0. The molecule has 50 valence electrons. The molecule has 1 saturated carbocycles. The molecule has 0 nitrogen and oxygen atoms in total. The molecule has 1 aliphatic rings. The van der Waals surface area contributed by atoms with Gasteiger partial charge in [0.05, 0.1) is 0 Å². The second-order valence-corrected chi connectivity index (χ2v) is 2.71. The van der Waals surface area contributed by atoms with Crippen molar-refractivity contribution in [2.45, 2.75) is 47.0 Å². The van der Waals surface area contributed by atoms with Crippen LogP contribution in [0, 0.1) is 5.41 Å². The van der Waals surface area contributed by atoms with Crippen molar-refractivity contribution < 1.29 is 0 Å². The molecule has 1 rings (SSSR count). The summed E-state index contributed by atoms with van der Waals surface area (Å²) < 4.78 is 0. The monoisotopic (exact) mass is 114 g/mol. The third-order valence-electron chi connectivity index (χ3n) is 2.46. The minimum atomic E-state index is 0. The Morgan fingerprint density at radius 1 is 1.12 bits per heavy atom. The highest BCUT2D eigenvalue weighted by molar-refractivity contribution is 4.89. The fourth-order valence-electron chi connectivity index (χ4n) is 1.13. The fourth-order valence-corrected chi connectivity index (χ4v) is 1.13. The van der Waals surface area contributed by atoms with E-state index in [1.54, 1.807) is 0 Å². The first-order chi connectivity index (χ1) is 3.33. The van der Waals surface area contributed by atoms with E-state index in [0.717, 1.165) is 5.41 Å². The van der Waals surface area contributed by atoms with Crippen LogP contribution >= 0.6 is 0 Å². The van der Waals surface area contributed by atoms with E-state index in [1.165, 1.54) is 25.7 Å². The van der Waals surface area contributed by atoms with Crippen LogP contribution in [0.15, 0.2) is 0 Å². The van der Waals surface area contributed by atoms with Crippen LogP contribution < -0.4 is 0 Å². The van der Waals surface area contributed by atoms with Gasteiger partial charge in [0.15, 0.2) is 0 Å². The van der Waals surface area contributed by atoms with E-state index in [9.17, 15) is 0 Å². The van der Waals surface area contributed by atoms with Gasteiger partial charge in [0.2, 0.25) is 0 Å². The lowest BCUT2D eigenvalue weighted by Gasteiger charge is -2.04. The molecule has 0 unspecified atom stereocenters. The number of hydrogen-bond acceptors (Lipinski definition) is 0. The van der Waals surface area contributed by atoms with Gasteiger partial charge in [-0.2, -0.15) is 0 Å². The lowest BCUT2D eigenvalue weighted by molar-refractivity contribution is 0.474. The van der Waals surface area contributed by atoms with Crippen molar-refractivity contribution >= 4 is 0 Å². The van der Waals surface area contributed by atoms with Crippen LogP contribution in [0.1, 0.15) is 47.0 Å². The summed E-state index contributed by atoms with van der Waals surface area (Å²) in [7, 11) is 0. The first-order valence-corrected chi connectivity index (χ1v) is 3.33. The molecule has 0 radical (unpaired) electrons. The predicted molar refractivity (Wildman–Crippen MR) is 39.0 cm³/mol. The zero-order valence-corrected chi connectivity index (χ0v) is 5.33. The molecule has 0 aromatic heterocycles. The van der Waals surface area contributed by atoms with Gasteiger partial charge in [0.25, 0.3) is 0 Å². The second kappa shape index (κ2) is 2.52. The summed E-state index contributed by atoms with van der Waals surface area (Å²) >= 11 is 0. The molecule has 0 atom stereocenters. The van der Waals surface area contributed by atoms with Gasteiger partial charge < -0.3 is 0 Å². The first-order valence-electron chi connectivity index (χ1n) is 3.33. The zero-order valence-electron chi connectivity index (χ0n) is 5.33. The molecular formula is C8H18. The van der Waals surface area contributed by atoms with Gasteiger partial charge in [-0.25, -0.2) is 0 Å². The van der Waals surface area contributed by atoms with Gasteiger partial charge >= 0.3 is 0 Å². The average molecular weight is 114 g/mol. The maximum absolute atomic E-state index is 2.30. The molecule has 0 aromatic rings. The molecule has 0 heterocycles. The van der Waals surface area contributed by atoms with E-state index >= 15 is 0 Å². The van der Waals surface area contributed by atoms with E-state index in [2.05, 4.69) is 13.8 Å². The molecule has 1 aliphatic carbocycles. The van der Waals surface area contributed by atoms with Crippen molar-refractivity contribution in [2.75, 3.05) is 0 Å². The average Bonchev–Trinajstić information content (AvgIpc) is 2.46. The van der Waals surface area contributed by atoms with E-state index in [1.807, 2.05) is 0 Å². The highest BCUT2D eigenvalue weighted by Gasteiger charge is 2.37. The van der Waals surface area contributed by atoms with Crippen molar-refractivity contribution in [2.24, 2.45) is 5.41 Å². The summed E-state index contributed by atoms with van der Waals surface area (Å²) in [6, 6.07) is 0. The molecule has 0 heteroatoms. The second-order valence-electron chi connectivity index (χ2n) is 2.71. The van der Waals surface area contributed by atoms with Gasteiger partial charge in [-0.1, -0.05) is 34.1 Å². The minimum absolute atomic E-state index is 0. The highest BCUT2D eigenvalue weighted by atomic mass is 14.4. The normalized spacial score (nSPS) is 21.8. The van der Waals surface area contributed by atoms with Gasteiger partial charge in [-0.05, 0) is 18.3 Å². The van der Waals surface area contributed by atoms with Crippen LogP contribution in [0.3, 0.4) is 0 Å². The lowest BCUT2D eigenvalue weighted by atomic mass is 10.0. The van der Waals surface area contributed by atoms with Crippen LogP contribution in [0.2, 0.25) is 0 Å². The van der Waals surface area contributed by atoms with Gasteiger partial charge in [-0.15, -0.1) is 0 Å². The van der Waals surface area contributed by atoms with E-state index in [0.29, 0.717) is 0 Å². The Morgan fingerprint density at radius 2 is 1.50 bits per heavy atom. The van der Waals surface area contributed by atoms with Gasteiger partial charge in [0.1, 0.15) is 0 Å². The summed E-state index contributed by atoms with van der Waals surface area (Å²) in [6.45, 7) is 4.60. The molecule has 0 bridgehead atoms. The number of rotatable bonds is 2. The third-order valence-corrected chi connectivity index (χ3v) is 2.46. The fraction of sp³-hybridized carbons (Fsp3) is 1.00. The van der Waals surface area contributed by atoms with Crippen molar-refractivity contribution in [3.05, 3.63) is 0 Å². The zero-order chi connectivity index (χ0) is 5.33. The quantitative estimate of drug-likeness (QED) is 0.517. The molecule has 0 spiro atoms. The highest BCUT2D eigenvalue weighted by Crippen LogP contribution is 2.51. The lowest BCUT2D eigenvalue weighted by Crippen LogP contribution is -1.92. The maximum Gasteiger partial charge on any atom is -0.0302 e. The summed E-state index contributed by atoms with van der Waals surface area (Å²) in [5, 5.41) is 0. The van der Waals surface area contributed by atoms with Crippen molar-refractivity contribution in [1.82, 2.24) is 0 Å². The largest absolute Gasteiger partial charge is 0.0776 e. The summed E-state index contributed by atoms with van der Waals surface area (Å²) in [4.78, 5) is 0. The Balaban J connectivity index is 0.000000490. The smallest absolute Gasteiger partial charge is 0.0302 e. The Hall–Kier alpha value is 0. The predicted octanol–water partition coefficient (Wildman–Crippen LogP) is 3.22. The van der Waals surface area contributed by atoms with Crippen molar-refractivity contribution in [3.63, 3.8) is 0 Å². The SMILES string of the molecule is C.CCC1(CC)CC1. The molecule has 0 saturated heterocycles. The van der Waals surface area contributed by atoms with Gasteiger partial charge in [-0.3, -0.25) is 0 Å². The van der Waals surface area contributed by atoms with Crippen LogP contribution in [-0.2, 0) is 0 Å². The topological polar surface area (TPSA) is 0 Å². The van der Waals surface area contributed by atoms with Crippen LogP contribution in [0.5, 0.6) is 0 Å². The molecule has 8 heavy (non-hydrogen) atoms. The molecule has 0 N–H and O–H groups in total. The van der Waals surface area contributed by atoms with Gasteiger partial charge in [0, 0.05) is 0 Å². The first kappa shape index (κ1) is 8.00. The molecule has 0 aromatic carbocycles. The summed E-state index contributed by atoms with van der Waals surface area (Å²) in [5.41, 5.74) is 0.833. The number of hydrogen-bond donors (Lipinski definition) is 0. The van der Waals surface area contributed by atoms with Crippen molar-refractivity contribution in [3.8, 4) is 0 Å².